The summed E-state index contributed by atoms with van der Waals surface area (Å²) < 4.78 is 29.1. The molecule has 1 N–H and O–H groups in total. The van der Waals surface area contributed by atoms with Crippen LogP contribution >= 0.6 is 27.7 Å². The molecule has 2 aromatic carbocycles. The number of halogens is 1. The molecule has 0 heterocycles. The molecule has 0 aliphatic heterocycles. The second-order valence-corrected chi connectivity index (χ2v) is 9.66. The minimum Gasteiger partial charge on any atom is -0.207 e. The van der Waals surface area contributed by atoms with Crippen LogP contribution in [0.5, 0.6) is 0 Å². The van der Waals surface area contributed by atoms with Gasteiger partial charge in [0.1, 0.15) is 0 Å². The Balaban J connectivity index is 2.10. The number of hydrogen-bond donors (Lipinski definition) is 1. The van der Waals surface area contributed by atoms with Crippen LogP contribution < -0.4 is 4.72 Å². The quantitative estimate of drug-likeness (QED) is 0.642. The lowest BCUT2D eigenvalue weighted by atomic mass is 10.1. The van der Waals surface area contributed by atoms with Crippen molar-refractivity contribution in [3.8, 4) is 0 Å². The highest BCUT2D eigenvalue weighted by Crippen LogP contribution is 2.28. The minimum absolute atomic E-state index is 0.145. The molecule has 130 valence electrons. The van der Waals surface area contributed by atoms with Crippen LogP contribution in [0.2, 0.25) is 0 Å². The minimum atomic E-state index is -3.51. The van der Waals surface area contributed by atoms with Gasteiger partial charge in [-0.15, -0.1) is 11.8 Å². The summed E-state index contributed by atoms with van der Waals surface area (Å²) in [6.45, 7) is 6.00. The van der Waals surface area contributed by atoms with Crippen LogP contribution in [0.1, 0.15) is 19.4 Å². The number of nitrogens with one attached hydrogen (secondary N) is 1. The van der Waals surface area contributed by atoms with Crippen LogP contribution in [0.15, 0.2) is 62.8 Å². The van der Waals surface area contributed by atoms with Crippen molar-refractivity contribution in [2.75, 3.05) is 5.75 Å². The smallest absolute Gasteiger partial charge is 0.207 e. The fourth-order valence-electron chi connectivity index (χ4n) is 2.09. The Kier molecular flexibility index (Phi) is 6.92. The molecule has 0 aromatic heterocycles. The summed E-state index contributed by atoms with van der Waals surface area (Å²) in [4.78, 5) is 1.42. The van der Waals surface area contributed by atoms with Crippen molar-refractivity contribution in [1.29, 1.82) is 0 Å². The molecule has 2 aromatic rings. The average molecular weight is 428 g/mol. The number of hydrogen-bond acceptors (Lipinski definition) is 3. The predicted octanol–water partition coefficient (Wildman–Crippen LogP) is 4.85. The molecule has 0 fully saturated rings. The molecule has 2 rings (SSSR count). The first-order chi connectivity index (χ1) is 11.3. The van der Waals surface area contributed by atoms with E-state index < -0.39 is 10.0 Å². The third kappa shape index (κ3) is 5.34. The standard InChI is InChI=1S/C18H22BrNO2S2/c1-13(2)17(12-23-18-7-5-4-6-16(18)19)20-24(21,22)15-10-8-14(3)9-11-15/h4-11,13,17,20H,12H2,1-3H3. The number of sulfonamides is 1. The molecule has 0 radical (unpaired) electrons. The second-order valence-electron chi connectivity index (χ2n) is 6.03. The van der Waals surface area contributed by atoms with Crippen molar-refractivity contribution in [2.45, 2.75) is 36.6 Å². The number of rotatable bonds is 7. The van der Waals surface area contributed by atoms with E-state index in [0.29, 0.717) is 10.6 Å². The first-order valence-corrected chi connectivity index (χ1v) is 11.0. The molecular weight excluding hydrogens is 406 g/mol. The molecule has 6 heteroatoms. The number of aryl methyl sites for hydroxylation is 1. The molecule has 0 spiro atoms. The van der Waals surface area contributed by atoms with Crippen LogP contribution in [0, 0.1) is 12.8 Å². The van der Waals surface area contributed by atoms with E-state index in [1.807, 2.05) is 57.2 Å². The Bertz CT molecular complexity index is 774. The van der Waals surface area contributed by atoms with Crippen molar-refractivity contribution in [2.24, 2.45) is 5.92 Å². The average Bonchev–Trinajstić information content (AvgIpc) is 2.53. The number of thioether (sulfide) groups is 1. The Morgan fingerprint density at radius 3 is 2.29 bits per heavy atom. The molecule has 0 amide bonds. The lowest BCUT2D eigenvalue weighted by Crippen LogP contribution is -2.40. The molecular formula is C18H22BrNO2S2. The van der Waals surface area contributed by atoms with Gasteiger partial charge >= 0.3 is 0 Å². The maximum absolute atomic E-state index is 12.6. The summed E-state index contributed by atoms with van der Waals surface area (Å²) in [7, 11) is -3.51. The van der Waals surface area contributed by atoms with Gasteiger partial charge in [-0.25, -0.2) is 13.1 Å². The monoisotopic (exact) mass is 427 g/mol. The largest absolute Gasteiger partial charge is 0.240 e. The van der Waals surface area contributed by atoms with Gasteiger partial charge in [0, 0.05) is 21.2 Å². The third-order valence-electron chi connectivity index (χ3n) is 3.70. The van der Waals surface area contributed by atoms with E-state index in [-0.39, 0.29) is 12.0 Å². The lowest BCUT2D eigenvalue weighted by Gasteiger charge is -2.22. The van der Waals surface area contributed by atoms with E-state index in [9.17, 15) is 8.42 Å². The molecule has 0 bridgehead atoms. The predicted molar refractivity (Wildman–Crippen MR) is 105 cm³/mol. The zero-order valence-electron chi connectivity index (χ0n) is 14.0. The van der Waals surface area contributed by atoms with Crippen LogP contribution in [0.4, 0.5) is 0 Å². The first-order valence-electron chi connectivity index (χ1n) is 7.76. The molecule has 1 atom stereocenters. The Morgan fingerprint density at radius 2 is 1.71 bits per heavy atom. The molecule has 0 aliphatic rings. The van der Waals surface area contributed by atoms with Crippen molar-refractivity contribution < 1.29 is 8.42 Å². The summed E-state index contributed by atoms with van der Waals surface area (Å²) in [5, 5.41) is 0. The van der Waals surface area contributed by atoms with Gasteiger partial charge in [-0.1, -0.05) is 43.7 Å². The van der Waals surface area contributed by atoms with E-state index in [1.54, 1.807) is 23.9 Å². The van der Waals surface area contributed by atoms with Gasteiger partial charge in [-0.2, -0.15) is 0 Å². The zero-order valence-corrected chi connectivity index (χ0v) is 17.2. The fourth-order valence-corrected chi connectivity index (χ4v) is 5.41. The summed E-state index contributed by atoms with van der Waals surface area (Å²) in [6.07, 6.45) is 0. The van der Waals surface area contributed by atoms with E-state index in [2.05, 4.69) is 20.7 Å². The van der Waals surface area contributed by atoms with Crippen molar-refractivity contribution in [1.82, 2.24) is 4.72 Å². The Morgan fingerprint density at radius 1 is 1.08 bits per heavy atom. The zero-order chi connectivity index (χ0) is 17.7. The van der Waals surface area contributed by atoms with Crippen molar-refractivity contribution in [3.63, 3.8) is 0 Å². The maximum Gasteiger partial charge on any atom is 0.240 e. The molecule has 0 saturated heterocycles. The first kappa shape index (κ1) is 19.5. The van der Waals surface area contributed by atoms with Gasteiger partial charge in [0.15, 0.2) is 0 Å². The van der Waals surface area contributed by atoms with E-state index in [4.69, 9.17) is 0 Å². The normalized spacial score (nSPS) is 13.2. The van der Waals surface area contributed by atoms with Gasteiger partial charge < -0.3 is 0 Å². The molecule has 0 saturated carbocycles. The molecule has 0 aliphatic carbocycles. The van der Waals surface area contributed by atoms with E-state index in [1.165, 1.54) is 0 Å². The van der Waals surface area contributed by atoms with Crippen LogP contribution in [0.3, 0.4) is 0 Å². The van der Waals surface area contributed by atoms with E-state index in [0.717, 1.165) is 14.9 Å². The third-order valence-corrected chi connectivity index (χ3v) is 7.35. The van der Waals surface area contributed by atoms with Gasteiger partial charge in [-0.05, 0) is 53.0 Å². The molecule has 1 unspecified atom stereocenters. The maximum atomic E-state index is 12.6. The summed E-state index contributed by atoms with van der Waals surface area (Å²) in [5.41, 5.74) is 1.04. The SMILES string of the molecule is Cc1ccc(S(=O)(=O)NC(CSc2ccccc2Br)C(C)C)cc1. The summed E-state index contributed by atoms with van der Waals surface area (Å²) in [6, 6.07) is 14.7. The van der Waals surface area contributed by atoms with Crippen LogP contribution in [0.25, 0.3) is 0 Å². The van der Waals surface area contributed by atoms with Crippen molar-refractivity contribution in [3.05, 3.63) is 58.6 Å². The Labute approximate surface area is 157 Å². The highest BCUT2D eigenvalue weighted by molar-refractivity contribution is 9.10. The fraction of sp³-hybridized carbons (Fsp3) is 0.333. The van der Waals surface area contributed by atoms with Crippen molar-refractivity contribution >= 4 is 37.7 Å². The van der Waals surface area contributed by atoms with Gasteiger partial charge in [-0.3, -0.25) is 0 Å². The van der Waals surface area contributed by atoms with E-state index >= 15 is 0 Å². The second kappa shape index (κ2) is 8.52. The topological polar surface area (TPSA) is 46.2 Å². The van der Waals surface area contributed by atoms with Crippen LogP contribution in [-0.2, 0) is 10.0 Å². The lowest BCUT2D eigenvalue weighted by molar-refractivity contribution is 0.482. The van der Waals surface area contributed by atoms with Crippen LogP contribution in [-0.4, -0.2) is 20.2 Å². The highest BCUT2D eigenvalue weighted by Gasteiger charge is 2.22. The van der Waals surface area contributed by atoms with Gasteiger partial charge in [0.2, 0.25) is 10.0 Å². The van der Waals surface area contributed by atoms with Gasteiger partial charge in [0.25, 0.3) is 0 Å². The summed E-state index contributed by atoms with van der Waals surface area (Å²) in [5.74, 6) is 0.867. The number of benzene rings is 2. The highest BCUT2D eigenvalue weighted by atomic mass is 79.9. The summed E-state index contributed by atoms with van der Waals surface area (Å²) >= 11 is 5.18. The molecule has 3 nitrogen and oxygen atoms in total. The Hall–Kier alpha value is -0.820. The molecule has 24 heavy (non-hydrogen) atoms. The van der Waals surface area contributed by atoms with Gasteiger partial charge in [0.05, 0.1) is 4.90 Å².